The van der Waals surface area contributed by atoms with E-state index in [-0.39, 0.29) is 0 Å². The molecule has 0 fully saturated rings. The van der Waals surface area contributed by atoms with Crippen molar-refractivity contribution in [1.29, 1.82) is 5.26 Å². The van der Waals surface area contributed by atoms with Gasteiger partial charge in [-0.3, -0.25) is 0 Å². The largest absolute Gasteiger partial charge is 0.439 e. The van der Waals surface area contributed by atoms with Crippen LogP contribution < -0.4 is 10.5 Å². The first-order chi connectivity index (χ1) is 8.60. The lowest BCUT2D eigenvalue weighted by molar-refractivity contribution is 0.459. The Morgan fingerprint density at radius 3 is 2.72 bits per heavy atom. The fourth-order valence-corrected chi connectivity index (χ4v) is 1.57. The third-order valence-corrected chi connectivity index (χ3v) is 2.64. The van der Waals surface area contributed by atoms with Gasteiger partial charge < -0.3 is 10.5 Å². The molecular formula is C14H13N3O. The van der Waals surface area contributed by atoms with Crippen molar-refractivity contribution in [2.24, 2.45) is 0 Å². The molecule has 2 rings (SSSR count). The minimum Gasteiger partial charge on any atom is -0.439 e. The van der Waals surface area contributed by atoms with E-state index in [0.717, 1.165) is 16.8 Å². The summed E-state index contributed by atoms with van der Waals surface area (Å²) in [6.45, 7) is 3.83. The number of hydrogen-bond acceptors (Lipinski definition) is 4. The smallest absolute Gasteiger partial charge is 0.220 e. The Kier molecular flexibility index (Phi) is 3.16. The Labute approximate surface area is 106 Å². The zero-order valence-corrected chi connectivity index (χ0v) is 10.3. The Morgan fingerprint density at radius 2 is 2.00 bits per heavy atom. The Hall–Kier alpha value is -2.54. The average molecular weight is 239 g/mol. The molecule has 0 aliphatic heterocycles. The Balaban J connectivity index is 2.34. The summed E-state index contributed by atoms with van der Waals surface area (Å²) < 4.78 is 5.67. The van der Waals surface area contributed by atoms with Gasteiger partial charge in [0.05, 0.1) is 11.6 Å². The molecule has 1 aromatic heterocycles. The first-order valence-electron chi connectivity index (χ1n) is 5.51. The molecule has 0 saturated heterocycles. The van der Waals surface area contributed by atoms with Gasteiger partial charge in [0, 0.05) is 18.0 Å². The zero-order chi connectivity index (χ0) is 13.1. The van der Waals surface area contributed by atoms with E-state index in [9.17, 15) is 0 Å². The van der Waals surface area contributed by atoms with E-state index in [4.69, 9.17) is 15.7 Å². The molecular weight excluding hydrogens is 226 g/mol. The highest BCUT2D eigenvalue weighted by atomic mass is 16.5. The van der Waals surface area contributed by atoms with E-state index in [1.54, 1.807) is 18.3 Å². The number of hydrogen-bond donors (Lipinski definition) is 1. The Morgan fingerprint density at radius 1 is 1.22 bits per heavy atom. The van der Waals surface area contributed by atoms with Crippen LogP contribution in [-0.4, -0.2) is 4.98 Å². The molecule has 0 saturated carbocycles. The lowest BCUT2D eigenvalue weighted by atomic mass is 10.1. The fraction of sp³-hybridized carbons (Fsp3) is 0.143. The van der Waals surface area contributed by atoms with Crippen molar-refractivity contribution >= 4 is 5.69 Å². The van der Waals surface area contributed by atoms with Gasteiger partial charge in [-0.25, -0.2) is 4.98 Å². The van der Waals surface area contributed by atoms with Crippen LogP contribution in [0.3, 0.4) is 0 Å². The highest BCUT2D eigenvalue weighted by Gasteiger charge is 2.06. The second-order valence-corrected chi connectivity index (χ2v) is 4.07. The van der Waals surface area contributed by atoms with Crippen molar-refractivity contribution in [3.05, 3.63) is 47.2 Å². The molecule has 2 N–H and O–H groups in total. The Bertz CT molecular complexity index is 629. The fourth-order valence-electron chi connectivity index (χ4n) is 1.57. The first kappa shape index (κ1) is 11.9. The van der Waals surface area contributed by atoms with Crippen LogP contribution in [0.25, 0.3) is 0 Å². The zero-order valence-electron chi connectivity index (χ0n) is 10.3. The third kappa shape index (κ3) is 2.41. The summed E-state index contributed by atoms with van der Waals surface area (Å²) in [4.78, 5) is 4.07. The van der Waals surface area contributed by atoms with Crippen LogP contribution in [0.15, 0.2) is 30.5 Å². The molecule has 0 aliphatic rings. The molecule has 0 unspecified atom stereocenters. The van der Waals surface area contributed by atoms with E-state index < -0.39 is 0 Å². The van der Waals surface area contributed by atoms with Crippen LogP contribution >= 0.6 is 0 Å². The average Bonchev–Trinajstić information content (AvgIpc) is 2.36. The number of aryl methyl sites for hydroxylation is 2. The number of benzene rings is 1. The number of nitrogen functional groups attached to an aromatic ring is 1. The lowest BCUT2D eigenvalue weighted by Crippen LogP contribution is -1.95. The van der Waals surface area contributed by atoms with Crippen molar-refractivity contribution < 1.29 is 4.74 Å². The number of nitriles is 1. The van der Waals surface area contributed by atoms with Crippen LogP contribution in [-0.2, 0) is 0 Å². The topological polar surface area (TPSA) is 71.9 Å². The van der Waals surface area contributed by atoms with Gasteiger partial charge in [-0.05, 0) is 43.2 Å². The van der Waals surface area contributed by atoms with Crippen molar-refractivity contribution in [2.45, 2.75) is 13.8 Å². The molecule has 1 aromatic carbocycles. The quantitative estimate of drug-likeness (QED) is 0.818. The number of rotatable bonds is 2. The molecule has 0 aliphatic carbocycles. The maximum Gasteiger partial charge on any atom is 0.220 e. The molecule has 0 atom stereocenters. The number of nitrogens with zero attached hydrogens (tertiary/aromatic N) is 2. The van der Waals surface area contributed by atoms with Crippen molar-refractivity contribution in [3.8, 4) is 17.7 Å². The van der Waals surface area contributed by atoms with Crippen LogP contribution in [0.1, 0.15) is 16.7 Å². The molecule has 18 heavy (non-hydrogen) atoms. The highest BCUT2D eigenvalue weighted by Crippen LogP contribution is 2.28. The predicted octanol–water partition coefficient (Wildman–Crippen LogP) is 2.94. The van der Waals surface area contributed by atoms with E-state index in [0.29, 0.717) is 17.2 Å². The number of nitrogens with two attached hydrogens (primary N) is 1. The summed E-state index contributed by atoms with van der Waals surface area (Å²) in [7, 11) is 0. The molecule has 4 nitrogen and oxygen atoms in total. The number of ether oxygens (including phenoxy) is 1. The standard InChI is InChI=1S/C14H13N3O/c1-9-6-13(10(2)5-12(9)16)18-14-7-11(8-15)3-4-17-14/h3-7H,16H2,1-2H3. The van der Waals surface area contributed by atoms with Gasteiger partial charge >= 0.3 is 0 Å². The molecule has 90 valence electrons. The van der Waals surface area contributed by atoms with Gasteiger partial charge in [0.25, 0.3) is 0 Å². The van der Waals surface area contributed by atoms with E-state index in [2.05, 4.69) is 4.98 Å². The van der Waals surface area contributed by atoms with Gasteiger partial charge in [-0.15, -0.1) is 0 Å². The molecule has 2 aromatic rings. The monoisotopic (exact) mass is 239 g/mol. The maximum absolute atomic E-state index is 8.81. The maximum atomic E-state index is 8.81. The van der Waals surface area contributed by atoms with Crippen molar-refractivity contribution in [1.82, 2.24) is 4.98 Å². The first-order valence-corrected chi connectivity index (χ1v) is 5.51. The van der Waals surface area contributed by atoms with Gasteiger partial charge in [0.15, 0.2) is 0 Å². The number of anilines is 1. The molecule has 4 heteroatoms. The minimum atomic E-state index is 0.404. The summed E-state index contributed by atoms with van der Waals surface area (Å²) in [6.07, 6.45) is 1.55. The van der Waals surface area contributed by atoms with Gasteiger partial charge in [-0.1, -0.05) is 0 Å². The van der Waals surface area contributed by atoms with Crippen LogP contribution in [0.5, 0.6) is 11.6 Å². The van der Waals surface area contributed by atoms with E-state index >= 15 is 0 Å². The second-order valence-electron chi connectivity index (χ2n) is 4.07. The second kappa shape index (κ2) is 4.76. The number of aromatic nitrogens is 1. The van der Waals surface area contributed by atoms with Crippen molar-refractivity contribution in [3.63, 3.8) is 0 Å². The summed E-state index contributed by atoms with van der Waals surface area (Å²) in [5, 5.41) is 8.81. The van der Waals surface area contributed by atoms with Crippen molar-refractivity contribution in [2.75, 3.05) is 5.73 Å². The highest BCUT2D eigenvalue weighted by molar-refractivity contribution is 5.54. The van der Waals surface area contributed by atoms with Gasteiger partial charge in [-0.2, -0.15) is 5.26 Å². The molecule has 1 heterocycles. The van der Waals surface area contributed by atoms with Gasteiger partial charge in [0.2, 0.25) is 5.88 Å². The summed E-state index contributed by atoms with van der Waals surface area (Å²) in [5.41, 5.74) is 8.95. The molecule has 0 spiro atoms. The van der Waals surface area contributed by atoms with E-state index in [1.165, 1.54) is 0 Å². The summed E-state index contributed by atoms with van der Waals surface area (Å²) in [5.74, 6) is 1.10. The molecule has 0 amide bonds. The normalized spacial score (nSPS) is 9.83. The minimum absolute atomic E-state index is 0.404. The van der Waals surface area contributed by atoms with Gasteiger partial charge in [0.1, 0.15) is 5.75 Å². The molecule has 0 radical (unpaired) electrons. The lowest BCUT2D eigenvalue weighted by Gasteiger charge is -2.10. The summed E-state index contributed by atoms with van der Waals surface area (Å²) in [6, 6.07) is 9.01. The molecule has 0 bridgehead atoms. The SMILES string of the molecule is Cc1cc(Oc2cc(C#N)ccn2)c(C)cc1N. The van der Waals surface area contributed by atoms with Crippen LogP contribution in [0, 0.1) is 25.2 Å². The van der Waals surface area contributed by atoms with E-state index in [1.807, 2.05) is 32.0 Å². The summed E-state index contributed by atoms with van der Waals surface area (Å²) >= 11 is 0. The third-order valence-electron chi connectivity index (χ3n) is 2.64. The number of pyridine rings is 1. The van der Waals surface area contributed by atoms with Crippen LogP contribution in [0.4, 0.5) is 5.69 Å². The van der Waals surface area contributed by atoms with Crippen LogP contribution in [0.2, 0.25) is 0 Å². The predicted molar refractivity (Wildman–Crippen MR) is 69.4 cm³/mol.